The van der Waals surface area contributed by atoms with Gasteiger partial charge < -0.3 is 4.74 Å². The van der Waals surface area contributed by atoms with Gasteiger partial charge >= 0.3 is 0 Å². The summed E-state index contributed by atoms with van der Waals surface area (Å²) < 4.78 is 5.18. The summed E-state index contributed by atoms with van der Waals surface area (Å²) in [7, 11) is 1.59. The standard InChI is InChI=1S/C16H21Cl3O/c1-20-15-10-13(17)12(9-14(15)18)16(19)11-7-5-3-2-4-6-8-11/h9-11,16H,2-8H2,1H3. The molecule has 112 valence electrons. The van der Waals surface area contributed by atoms with Crippen LogP contribution in [0.5, 0.6) is 5.75 Å². The quantitative estimate of drug-likeness (QED) is 0.562. The van der Waals surface area contributed by atoms with Gasteiger partial charge in [0, 0.05) is 11.1 Å². The van der Waals surface area contributed by atoms with Gasteiger partial charge in [-0.15, -0.1) is 11.6 Å². The van der Waals surface area contributed by atoms with Gasteiger partial charge in [-0.05, 0) is 30.4 Å². The summed E-state index contributed by atoms with van der Waals surface area (Å²) in [6.07, 6.45) is 8.86. The molecule has 1 saturated carbocycles. The Bertz CT molecular complexity index is 440. The summed E-state index contributed by atoms with van der Waals surface area (Å²) in [5, 5.41) is 1.15. The number of rotatable bonds is 3. The average Bonchev–Trinajstić information content (AvgIpc) is 2.40. The van der Waals surface area contributed by atoms with E-state index in [0.717, 1.165) is 5.56 Å². The van der Waals surface area contributed by atoms with Crippen molar-refractivity contribution < 1.29 is 4.74 Å². The Morgan fingerprint density at radius 3 is 2.20 bits per heavy atom. The Labute approximate surface area is 136 Å². The molecule has 0 aliphatic heterocycles. The summed E-state index contributed by atoms with van der Waals surface area (Å²) in [6.45, 7) is 0. The van der Waals surface area contributed by atoms with Crippen molar-refractivity contribution in [2.75, 3.05) is 7.11 Å². The third-order valence-electron chi connectivity index (χ3n) is 4.13. The monoisotopic (exact) mass is 334 g/mol. The Hall–Kier alpha value is -0.110. The zero-order valence-electron chi connectivity index (χ0n) is 11.8. The predicted octanol–water partition coefficient (Wildman–Crippen LogP) is 6.64. The molecule has 1 fully saturated rings. The van der Waals surface area contributed by atoms with Crippen LogP contribution in [-0.2, 0) is 0 Å². The van der Waals surface area contributed by atoms with E-state index in [0.29, 0.717) is 21.7 Å². The van der Waals surface area contributed by atoms with Gasteiger partial charge in [-0.3, -0.25) is 0 Å². The third-order valence-corrected chi connectivity index (χ3v) is 5.35. The molecule has 0 heterocycles. The first-order valence-electron chi connectivity index (χ1n) is 7.30. The molecular formula is C16H21Cl3O. The minimum absolute atomic E-state index is 0.0657. The molecule has 0 saturated heterocycles. The highest BCUT2D eigenvalue weighted by Gasteiger charge is 2.24. The van der Waals surface area contributed by atoms with Gasteiger partial charge in [0.2, 0.25) is 0 Å². The van der Waals surface area contributed by atoms with Crippen LogP contribution in [0, 0.1) is 5.92 Å². The van der Waals surface area contributed by atoms with Crippen LogP contribution in [0.2, 0.25) is 10.0 Å². The first kappa shape index (κ1) is 16.3. The van der Waals surface area contributed by atoms with E-state index in [1.54, 1.807) is 13.2 Å². The van der Waals surface area contributed by atoms with Gasteiger partial charge in [-0.25, -0.2) is 0 Å². The van der Waals surface area contributed by atoms with Gasteiger partial charge in [-0.1, -0.05) is 55.3 Å². The smallest absolute Gasteiger partial charge is 0.138 e. The van der Waals surface area contributed by atoms with E-state index in [1.807, 2.05) is 6.07 Å². The average molecular weight is 336 g/mol. The maximum Gasteiger partial charge on any atom is 0.138 e. The second kappa shape index (κ2) is 7.77. The van der Waals surface area contributed by atoms with Crippen LogP contribution >= 0.6 is 34.8 Å². The van der Waals surface area contributed by atoms with E-state index < -0.39 is 0 Å². The van der Waals surface area contributed by atoms with Gasteiger partial charge in [0.15, 0.2) is 0 Å². The summed E-state index contributed by atoms with van der Waals surface area (Å²) >= 11 is 19.2. The van der Waals surface area contributed by atoms with Crippen LogP contribution < -0.4 is 4.74 Å². The second-order valence-corrected chi connectivity index (χ2v) is 6.80. The Morgan fingerprint density at radius 1 is 1.00 bits per heavy atom. The van der Waals surface area contributed by atoms with E-state index in [-0.39, 0.29) is 5.38 Å². The summed E-state index contributed by atoms with van der Waals surface area (Å²) in [4.78, 5) is 0. The molecule has 2 rings (SSSR count). The molecule has 0 spiro atoms. The lowest BCUT2D eigenvalue weighted by molar-refractivity contribution is 0.368. The lowest BCUT2D eigenvalue weighted by Gasteiger charge is -2.25. The fourth-order valence-corrected chi connectivity index (χ4v) is 3.95. The SMILES string of the molecule is COc1cc(Cl)c(C(Cl)C2CCCCCCC2)cc1Cl. The number of halogens is 3. The fourth-order valence-electron chi connectivity index (χ4n) is 2.95. The molecule has 1 atom stereocenters. The van der Waals surface area contributed by atoms with Crippen molar-refractivity contribution in [1.29, 1.82) is 0 Å². The van der Waals surface area contributed by atoms with Gasteiger partial charge in [0.25, 0.3) is 0 Å². The molecule has 0 N–H and O–H groups in total. The molecular weight excluding hydrogens is 315 g/mol. The Kier molecular flexibility index (Phi) is 6.32. The predicted molar refractivity (Wildman–Crippen MR) is 87.4 cm³/mol. The van der Waals surface area contributed by atoms with Crippen LogP contribution in [-0.4, -0.2) is 7.11 Å². The van der Waals surface area contributed by atoms with Crippen molar-refractivity contribution in [3.05, 3.63) is 27.7 Å². The highest BCUT2D eigenvalue weighted by Crippen LogP contribution is 2.43. The summed E-state index contributed by atoms with van der Waals surface area (Å²) in [5.74, 6) is 1.08. The molecule has 4 heteroatoms. The maximum atomic E-state index is 6.70. The molecule has 1 aromatic carbocycles. The number of ether oxygens (including phenoxy) is 1. The molecule has 1 aliphatic carbocycles. The van der Waals surface area contributed by atoms with Crippen LogP contribution in [0.25, 0.3) is 0 Å². The van der Waals surface area contributed by atoms with E-state index in [4.69, 9.17) is 39.5 Å². The number of methoxy groups -OCH3 is 1. The van der Waals surface area contributed by atoms with Gasteiger partial charge in [0.1, 0.15) is 5.75 Å². The Morgan fingerprint density at radius 2 is 1.60 bits per heavy atom. The lowest BCUT2D eigenvalue weighted by Crippen LogP contribution is -2.11. The molecule has 1 unspecified atom stereocenters. The summed E-state index contributed by atoms with van der Waals surface area (Å²) in [5.41, 5.74) is 0.935. The zero-order chi connectivity index (χ0) is 14.5. The van der Waals surface area contributed by atoms with Crippen molar-refractivity contribution >= 4 is 34.8 Å². The van der Waals surface area contributed by atoms with Crippen LogP contribution in [0.1, 0.15) is 55.9 Å². The van der Waals surface area contributed by atoms with Crippen molar-refractivity contribution in [3.63, 3.8) is 0 Å². The Balaban J connectivity index is 2.18. The largest absolute Gasteiger partial charge is 0.495 e. The number of hydrogen-bond acceptors (Lipinski definition) is 1. The molecule has 20 heavy (non-hydrogen) atoms. The molecule has 0 amide bonds. The fraction of sp³-hybridized carbons (Fsp3) is 0.625. The second-order valence-electron chi connectivity index (χ2n) is 5.52. The maximum absolute atomic E-state index is 6.70. The molecule has 0 radical (unpaired) electrons. The lowest BCUT2D eigenvalue weighted by atomic mass is 9.86. The van der Waals surface area contributed by atoms with Crippen LogP contribution in [0.4, 0.5) is 0 Å². The molecule has 0 aromatic heterocycles. The minimum Gasteiger partial charge on any atom is -0.495 e. The third kappa shape index (κ3) is 3.96. The van der Waals surface area contributed by atoms with Crippen LogP contribution in [0.3, 0.4) is 0 Å². The number of hydrogen-bond donors (Lipinski definition) is 0. The number of benzene rings is 1. The normalized spacial score (nSPS) is 19.2. The van der Waals surface area contributed by atoms with Crippen molar-refractivity contribution in [2.45, 2.75) is 50.3 Å². The molecule has 1 aliphatic rings. The van der Waals surface area contributed by atoms with E-state index in [9.17, 15) is 0 Å². The van der Waals surface area contributed by atoms with Gasteiger partial charge in [-0.2, -0.15) is 0 Å². The molecule has 1 nitrogen and oxygen atoms in total. The number of alkyl halides is 1. The summed E-state index contributed by atoms with van der Waals surface area (Å²) in [6, 6.07) is 3.62. The minimum atomic E-state index is -0.0657. The topological polar surface area (TPSA) is 9.23 Å². The van der Waals surface area contributed by atoms with Gasteiger partial charge in [0.05, 0.1) is 17.5 Å². The van der Waals surface area contributed by atoms with Crippen molar-refractivity contribution in [3.8, 4) is 5.75 Å². The highest BCUT2D eigenvalue weighted by molar-refractivity contribution is 6.35. The van der Waals surface area contributed by atoms with Crippen molar-refractivity contribution in [2.24, 2.45) is 5.92 Å². The molecule has 1 aromatic rings. The molecule has 0 bridgehead atoms. The van der Waals surface area contributed by atoms with Crippen LogP contribution in [0.15, 0.2) is 12.1 Å². The zero-order valence-corrected chi connectivity index (χ0v) is 14.1. The van der Waals surface area contributed by atoms with E-state index in [1.165, 1.54) is 44.9 Å². The first-order valence-corrected chi connectivity index (χ1v) is 8.49. The van der Waals surface area contributed by atoms with E-state index in [2.05, 4.69) is 0 Å². The highest BCUT2D eigenvalue weighted by atomic mass is 35.5. The van der Waals surface area contributed by atoms with E-state index >= 15 is 0 Å². The van der Waals surface area contributed by atoms with Crippen molar-refractivity contribution in [1.82, 2.24) is 0 Å². The first-order chi connectivity index (χ1) is 9.63.